The van der Waals surface area contributed by atoms with Gasteiger partial charge in [-0.25, -0.2) is 14.6 Å². The molecule has 1 amide bonds. The molecule has 2 aromatic rings. The molecule has 0 saturated carbocycles. The van der Waals surface area contributed by atoms with Crippen molar-refractivity contribution in [3.05, 3.63) is 63.4 Å². The molecule has 9 heteroatoms. The molecule has 0 radical (unpaired) electrons. The summed E-state index contributed by atoms with van der Waals surface area (Å²) in [7, 11) is 1.26. The van der Waals surface area contributed by atoms with Gasteiger partial charge in [-0.05, 0) is 57.9 Å². The molecule has 27 heavy (non-hydrogen) atoms. The SMILES string of the molecule is COC(=O)COc1ccc(C=NNC(=O)c2ccc(C#N)cc2F)cc1Br. The van der Waals surface area contributed by atoms with Crippen LogP contribution in [0.15, 0.2) is 46.0 Å². The van der Waals surface area contributed by atoms with Crippen molar-refractivity contribution in [2.45, 2.75) is 0 Å². The number of halogens is 2. The van der Waals surface area contributed by atoms with E-state index >= 15 is 0 Å². The van der Waals surface area contributed by atoms with Crippen molar-refractivity contribution in [3.63, 3.8) is 0 Å². The summed E-state index contributed by atoms with van der Waals surface area (Å²) in [5.74, 6) is -1.63. The van der Waals surface area contributed by atoms with Crippen LogP contribution in [0.5, 0.6) is 5.75 Å². The Hall–Kier alpha value is -3.25. The highest BCUT2D eigenvalue weighted by atomic mass is 79.9. The highest BCUT2D eigenvalue weighted by Gasteiger charge is 2.11. The van der Waals surface area contributed by atoms with Crippen molar-refractivity contribution >= 4 is 34.0 Å². The molecule has 0 heterocycles. The van der Waals surface area contributed by atoms with E-state index in [1.54, 1.807) is 24.3 Å². The van der Waals surface area contributed by atoms with Crippen LogP contribution in [0.3, 0.4) is 0 Å². The Labute approximate surface area is 162 Å². The minimum absolute atomic E-state index is 0.118. The molecule has 0 aliphatic carbocycles. The number of hydrogen-bond acceptors (Lipinski definition) is 6. The fourth-order valence-corrected chi connectivity index (χ4v) is 2.42. The number of esters is 1. The standard InChI is InChI=1S/C18H13BrFN3O4/c1-26-17(24)10-27-16-5-3-12(6-14(16)19)9-22-23-18(25)13-4-2-11(8-21)7-15(13)20/h2-7,9H,10H2,1H3,(H,23,25). The number of ether oxygens (including phenoxy) is 2. The Morgan fingerprint density at radius 2 is 2.11 bits per heavy atom. The lowest BCUT2D eigenvalue weighted by Gasteiger charge is -2.07. The lowest BCUT2D eigenvalue weighted by atomic mass is 10.1. The van der Waals surface area contributed by atoms with Crippen molar-refractivity contribution in [1.82, 2.24) is 5.43 Å². The number of benzene rings is 2. The minimum Gasteiger partial charge on any atom is -0.481 e. The van der Waals surface area contributed by atoms with Crippen LogP contribution in [0, 0.1) is 17.1 Å². The van der Waals surface area contributed by atoms with Crippen molar-refractivity contribution in [2.24, 2.45) is 5.10 Å². The van der Waals surface area contributed by atoms with E-state index in [1.165, 1.54) is 25.5 Å². The van der Waals surface area contributed by atoms with E-state index in [0.29, 0.717) is 15.8 Å². The zero-order valence-electron chi connectivity index (χ0n) is 14.0. The number of methoxy groups -OCH3 is 1. The minimum atomic E-state index is -0.809. The number of carbonyl (C=O) groups excluding carboxylic acids is 2. The van der Waals surface area contributed by atoms with Gasteiger partial charge in [0.1, 0.15) is 11.6 Å². The van der Waals surface area contributed by atoms with Crippen LogP contribution in [0.2, 0.25) is 0 Å². The van der Waals surface area contributed by atoms with E-state index in [4.69, 9.17) is 10.00 Å². The Bertz CT molecular complexity index is 941. The Morgan fingerprint density at radius 1 is 1.33 bits per heavy atom. The first-order valence-corrected chi connectivity index (χ1v) is 8.26. The average Bonchev–Trinajstić information content (AvgIpc) is 2.66. The zero-order chi connectivity index (χ0) is 19.8. The second kappa shape index (κ2) is 9.45. The molecule has 2 rings (SSSR count). The van der Waals surface area contributed by atoms with E-state index in [-0.39, 0.29) is 17.7 Å². The summed E-state index contributed by atoms with van der Waals surface area (Å²) < 4.78 is 24.1. The van der Waals surface area contributed by atoms with Crippen LogP contribution in [-0.4, -0.2) is 31.8 Å². The van der Waals surface area contributed by atoms with E-state index in [2.05, 4.69) is 31.2 Å². The third-order valence-corrected chi connectivity index (χ3v) is 3.87. The van der Waals surface area contributed by atoms with Crippen LogP contribution in [0.4, 0.5) is 4.39 Å². The number of amides is 1. The molecular weight excluding hydrogens is 421 g/mol. The number of carbonyl (C=O) groups is 2. The summed E-state index contributed by atoms with van der Waals surface area (Å²) in [6.45, 7) is -0.227. The van der Waals surface area contributed by atoms with E-state index in [0.717, 1.165) is 6.07 Å². The number of hydrazone groups is 1. The summed E-state index contributed by atoms with van der Waals surface area (Å²) in [4.78, 5) is 23.0. The molecule has 1 N–H and O–H groups in total. The molecule has 138 valence electrons. The summed E-state index contributed by atoms with van der Waals surface area (Å²) in [5.41, 5.74) is 2.72. The monoisotopic (exact) mass is 433 g/mol. The second-order valence-electron chi connectivity index (χ2n) is 5.06. The topological polar surface area (TPSA) is 101 Å². The van der Waals surface area contributed by atoms with Crippen molar-refractivity contribution in [2.75, 3.05) is 13.7 Å². The van der Waals surface area contributed by atoms with Gasteiger partial charge < -0.3 is 9.47 Å². The number of nitriles is 1. The van der Waals surface area contributed by atoms with Gasteiger partial charge in [-0.2, -0.15) is 10.4 Å². The van der Waals surface area contributed by atoms with Crippen LogP contribution in [-0.2, 0) is 9.53 Å². The van der Waals surface area contributed by atoms with Crippen molar-refractivity contribution in [3.8, 4) is 11.8 Å². The van der Waals surface area contributed by atoms with Crippen LogP contribution in [0.1, 0.15) is 21.5 Å². The normalized spacial score (nSPS) is 10.3. The van der Waals surface area contributed by atoms with Gasteiger partial charge in [0.05, 0.1) is 35.0 Å². The predicted molar refractivity (Wildman–Crippen MR) is 97.8 cm³/mol. The maximum Gasteiger partial charge on any atom is 0.343 e. The lowest BCUT2D eigenvalue weighted by Crippen LogP contribution is -2.19. The summed E-state index contributed by atoms with van der Waals surface area (Å²) in [5, 5.41) is 12.5. The smallest absolute Gasteiger partial charge is 0.343 e. The maximum atomic E-state index is 13.8. The first kappa shape index (κ1) is 20.1. The number of hydrogen-bond donors (Lipinski definition) is 1. The first-order valence-electron chi connectivity index (χ1n) is 7.47. The first-order chi connectivity index (χ1) is 12.9. The molecule has 0 aromatic heterocycles. The summed E-state index contributed by atoms with van der Waals surface area (Å²) in [6.07, 6.45) is 1.36. The molecule has 0 spiro atoms. The molecule has 0 bridgehead atoms. The summed E-state index contributed by atoms with van der Waals surface area (Å²) >= 11 is 3.30. The molecule has 0 aliphatic heterocycles. The van der Waals surface area contributed by atoms with Crippen LogP contribution >= 0.6 is 15.9 Å². The fraction of sp³-hybridized carbons (Fsp3) is 0.111. The van der Waals surface area contributed by atoms with E-state index < -0.39 is 17.7 Å². The third kappa shape index (κ3) is 5.62. The van der Waals surface area contributed by atoms with Gasteiger partial charge in [-0.3, -0.25) is 4.79 Å². The van der Waals surface area contributed by atoms with Crippen LogP contribution in [0.25, 0.3) is 0 Å². The summed E-state index contributed by atoms with van der Waals surface area (Å²) in [6, 6.07) is 10.2. The van der Waals surface area contributed by atoms with E-state index in [1.807, 2.05) is 0 Å². The maximum absolute atomic E-state index is 13.8. The van der Waals surface area contributed by atoms with E-state index in [9.17, 15) is 14.0 Å². The molecule has 0 aliphatic rings. The Balaban J connectivity index is 2.00. The van der Waals surface area contributed by atoms with Gasteiger partial charge in [-0.1, -0.05) is 0 Å². The predicted octanol–water partition coefficient (Wildman–Crippen LogP) is 2.78. The quantitative estimate of drug-likeness (QED) is 0.428. The molecule has 7 nitrogen and oxygen atoms in total. The number of nitrogens with one attached hydrogen (secondary N) is 1. The van der Waals surface area contributed by atoms with Gasteiger partial charge in [0.2, 0.25) is 0 Å². The Morgan fingerprint density at radius 3 is 2.74 bits per heavy atom. The highest BCUT2D eigenvalue weighted by molar-refractivity contribution is 9.10. The van der Waals surface area contributed by atoms with Gasteiger partial charge in [-0.15, -0.1) is 0 Å². The fourth-order valence-electron chi connectivity index (χ4n) is 1.90. The van der Waals surface area contributed by atoms with Gasteiger partial charge in [0.25, 0.3) is 5.91 Å². The lowest BCUT2D eigenvalue weighted by molar-refractivity contribution is -0.142. The molecule has 0 fully saturated rings. The molecule has 0 saturated heterocycles. The zero-order valence-corrected chi connectivity index (χ0v) is 15.6. The van der Waals surface area contributed by atoms with Crippen molar-refractivity contribution < 1.29 is 23.5 Å². The largest absolute Gasteiger partial charge is 0.481 e. The average molecular weight is 434 g/mol. The molecule has 0 atom stereocenters. The van der Waals surface area contributed by atoms with Crippen molar-refractivity contribution in [1.29, 1.82) is 5.26 Å². The van der Waals surface area contributed by atoms with Gasteiger partial charge in [0, 0.05) is 0 Å². The third-order valence-electron chi connectivity index (χ3n) is 3.25. The molecule has 0 unspecified atom stereocenters. The number of nitrogens with zero attached hydrogens (tertiary/aromatic N) is 2. The number of rotatable bonds is 6. The Kier molecular flexibility index (Phi) is 7.02. The van der Waals surface area contributed by atoms with Crippen LogP contribution < -0.4 is 10.2 Å². The van der Waals surface area contributed by atoms with Gasteiger partial charge in [0.15, 0.2) is 6.61 Å². The molecule has 2 aromatic carbocycles. The highest BCUT2D eigenvalue weighted by Crippen LogP contribution is 2.25. The second-order valence-corrected chi connectivity index (χ2v) is 5.91. The van der Waals surface area contributed by atoms with Gasteiger partial charge >= 0.3 is 5.97 Å². The molecular formula is C18H13BrFN3O4.